The van der Waals surface area contributed by atoms with Crippen LogP contribution in [0.2, 0.25) is 0 Å². The van der Waals surface area contributed by atoms with Gasteiger partial charge < -0.3 is 0 Å². The summed E-state index contributed by atoms with van der Waals surface area (Å²) >= 11 is 1.64. The predicted molar refractivity (Wildman–Crippen MR) is 142 cm³/mol. The van der Waals surface area contributed by atoms with Crippen LogP contribution in [0.3, 0.4) is 0 Å². The van der Waals surface area contributed by atoms with Gasteiger partial charge in [-0.25, -0.2) is 12.2 Å². The molecule has 2 heteroatoms. The Bertz CT molecular complexity index is 1220. The monoisotopic (exact) mass is 530 g/mol. The fraction of sp³-hybridized carbons (Fsp3) is 0.125. The quantitative estimate of drug-likeness (QED) is 0.185. The molecule has 6 rings (SSSR count). The molecular formula is C32H28SiZr. The van der Waals surface area contributed by atoms with Gasteiger partial charge in [-0.15, -0.1) is 17.5 Å². The van der Waals surface area contributed by atoms with Crippen molar-refractivity contribution < 1.29 is 23.3 Å². The molecule has 0 aliphatic heterocycles. The number of benzene rings is 4. The van der Waals surface area contributed by atoms with Crippen molar-refractivity contribution in [2.24, 2.45) is 0 Å². The maximum absolute atomic E-state index is 3.45. The molecule has 0 heterocycles. The predicted octanol–water partition coefficient (Wildman–Crippen LogP) is 6.32. The number of hydrogen-bond acceptors (Lipinski definition) is 0. The average Bonchev–Trinajstić information content (AvgIpc) is 3.56. The SMILES string of the molecule is Cc1[c-]c2c(cc1)-c1ccc(C)cc1C2.[C-]1=CC=CC1.[Zr+2]=[Si](c1ccccc1)c1ccccc1. The Balaban J connectivity index is 0.000000134. The molecule has 2 aliphatic rings. The molecule has 0 spiro atoms. The Morgan fingerprint density at radius 3 is 1.97 bits per heavy atom. The topological polar surface area (TPSA) is 0 Å². The van der Waals surface area contributed by atoms with Gasteiger partial charge in [0, 0.05) is 0 Å². The minimum atomic E-state index is -0.455. The number of allylic oxidation sites excluding steroid dienone is 4. The number of rotatable bonds is 2. The van der Waals surface area contributed by atoms with Crippen LogP contribution in [0.5, 0.6) is 0 Å². The van der Waals surface area contributed by atoms with E-state index in [0.29, 0.717) is 0 Å². The van der Waals surface area contributed by atoms with Crippen molar-refractivity contribution in [1.82, 2.24) is 0 Å². The summed E-state index contributed by atoms with van der Waals surface area (Å²) < 4.78 is 0. The summed E-state index contributed by atoms with van der Waals surface area (Å²) in [6.07, 6.45) is 11.0. The second-order valence-corrected chi connectivity index (χ2v) is 14.1. The van der Waals surface area contributed by atoms with Crippen LogP contribution in [0, 0.1) is 26.0 Å². The molecule has 2 aliphatic carbocycles. The molecule has 0 amide bonds. The van der Waals surface area contributed by atoms with Crippen molar-refractivity contribution in [2.75, 3.05) is 0 Å². The third-order valence-corrected chi connectivity index (χ3v) is 11.9. The summed E-state index contributed by atoms with van der Waals surface area (Å²) in [4.78, 5) is 0. The van der Waals surface area contributed by atoms with Gasteiger partial charge in [0.1, 0.15) is 0 Å². The molecule has 0 radical (unpaired) electrons. The van der Waals surface area contributed by atoms with E-state index in [1.165, 1.54) is 43.8 Å². The van der Waals surface area contributed by atoms with Gasteiger partial charge in [-0.05, 0) is 18.9 Å². The van der Waals surface area contributed by atoms with Gasteiger partial charge in [-0.2, -0.15) is 29.8 Å². The fourth-order valence-electron chi connectivity index (χ4n) is 4.09. The molecule has 0 saturated heterocycles. The van der Waals surface area contributed by atoms with Gasteiger partial charge in [-0.1, -0.05) is 36.2 Å². The normalized spacial score (nSPS) is 12.1. The molecule has 4 aromatic carbocycles. The summed E-state index contributed by atoms with van der Waals surface area (Å²) in [5.41, 5.74) is 7.70. The zero-order chi connectivity index (χ0) is 23.8. The first kappa shape index (κ1) is 24.6. The van der Waals surface area contributed by atoms with Crippen LogP contribution in [-0.2, 0) is 29.8 Å². The second-order valence-electron chi connectivity index (χ2n) is 8.48. The first-order valence-corrected chi connectivity index (χ1v) is 16.8. The summed E-state index contributed by atoms with van der Waals surface area (Å²) in [5.74, 6) is 0. The van der Waals surface area contributed by atoms with Crippen molar-refractivity contribution in [2.45, 2.75) is 26.7 Å². The van der Waals surface area contributed by atoms with Crippen molar-refractivity contribution in [3.05, 3.63) is 144 Å². The zero-order valence-electron chi connectivity index (χ0n) is 19.8. The molecule has 0 aromatic heterocycles. The third-order valence-electron chi connectivity index (χ3n) is 5.80. The van der Waals surface area contributed by atoms with Gasteiger partial charge in [-0.3, -0.25) is 6.08 Å². The van der Waals surface area contributed by atoms with E-state index in [9.17, 15) is 0 Å². The Kier molecular flexibility index (Phi) is 8.85. The summed E-state index contributed by atoms with van der Waals surface area (Å²) in [5, 5.41) is 3.03. The fourth-order valence-corrected chi connectivity index (χ4v) is 7.93. The van der Waals surface area contributed by atoms with Crippen molar-refractivity contribution >= 4 is 15.8 Å². The molecule has 4 aromatic rings. The van der Waals surface area contributed by atoms with Crippen LogP contribution in [0.25, 0.3) is 11.1 Å². The Morgan fingerprint density at radius 1 is 0.765 bits per heavy atom. The van der Waals surface area contributed by atoms with Crippen LogP contribution in [0.1, 0.15) is 28.7 Å². The maximum atomic E-state index is 3.45. The van der Waals surface area contributed by atoms with Crippen molar-refractivity contribution in [3.8, 4) is 11.1 Å². The third kappa shape index (κ3) is 6.53. The molecule has 0 atom stereocenters. The molecule has 0 N–H and O–H groups in total. The van der Waals surface area contributed by atoms with Gasteiger partial charge in [0.2, 0.25) is 0 Å². The van der Waals surface area contributed by atoms with Crippen molar-refractivity contribution in [1.29, 1.82) is 0 Å². The van der Waals surface area contributed by atoms with E-state index in [1.807, 2.05) is 12.2 Å². The molecule has 0 nitrogen and oxygen atoms in total. The van der Waals surface area contributed by atoms with E-state index in [2.05, 4.69) is 123 Å². The van der Waals surface area contributed by atoms with Gasteiger partial charge in [0.25, 0.3) is 0 Å². The summed E-state index contributed by atoms with van der Waals surface area (Å²) in [6, 6.07) is 36.2. The molecule has 34 heavy (non-hydrogen) atoms. The number of aryl methyl sites for hydroxylation is 2. The summed E-state index contributed by atoms with van der Waals surface area (Å²) in [6.45, 7) is 4.26. The first-order chi connectivity index (χ1) is 16.6. The van der Waals surface area contributed by atoms with E-state index in [-0.39, 0.29) is 0 Å². The molecular weight excluding hydrogens is 504 g/mol. The van der Waals surface area contributed by atoms with E-state index in [4.69, 9.17) is 0 Å². The van der Waals surface area contributed by atoms with E-state index in [1.54, 1.807) is 23.3 Å². The average molecular weight is 532 g/mol. The molecule has 0 bridgehead atoms. The van der Waals surface area contributed by atoms with Gasteiger partial charge in [0.15, 0.2) is 0 Å². The standard InChI is InChI=1S/C15H13.C12H10Si.C5H5.Zr/c1-10-3-5-14-12(7-10)9-13-8-11(2)4-6-15(13)14;1-3-7-11(8-4-1)13-12-9-5-2-6-10-12;1-2-4-5-3-1;/h3-7H,9H2,1-2H3;1-10H;1-3H,4H2;/q-1;;-1;+2. The zero-order valence-corrected chi connectivity index (χ0v) is 23.3. The Morgan fingerprint density at radius 2 is 1.41 bits per heavy atom. The Labute approximate surface area is 219 Å². The second kappa shape index (κ2) is 12.2. The van der Waals surface area contributed by atoms with E-state index in [0.717, 1.165) is 12.8 Å². The summed E-state index contributed by atoms with van der Waals surface area (Å²) in [7, 11) is 0. The molecule has 0 unspecified atom stereocenters. The van der Waals surface area contributed by atoms with E-state index < -0.39 is 5.43 Å². The van der Waals surface area contributed by atoms with Crippen LogP contribution >= 0.6 is 0 Å². The first-order valence-electron chi connectivity index (χ1n) is 11.6. The number of fused-ring (bicyclic) bond motifs is 3. The van der Waals surface area contributed by atoms with Gasteiger partial charge >= 0.3 is 99.8 Å². The van der Waals surface area contributed by atoms with Crippen LogP contribution < -0.4 is 10.4 Å². The molecule has 0 saturated carbocycles. The Hall–Kier alpha value is -2.54. The van der Waals surface area contributed by atoms with Crippen LogP contribution in [-0.4, -0.2) is 5.43 Å². The molecule has 0 fully saturated rings. The van der Waals surface area contributed by atoms with Crippen LogP contribution in [0.4, 0.5) is 0 Å². The van der Waals surface area contributed by atoms with Crippen LogP contribution in [0.15, 0.2) is 109 Å². The number of hydrogen-bond donors (Lipinski definition) is 0. The van der Waals surface area contributed by atoms with Crippen molar-refractivity contribution in [3.63, 3.8) is 0 Å². The van der Waals surface area contributed by atoms with E-state index >= 15 is 0 Å². The molecule has 164 valence electrons. The minimum absolute atomic E-state index is 0.455. The van der Waals surface area contributed by atoms with Gasteiger partial charge in [0.05, 0.1) is 0 Å².